The number of hydrogen-bond acceptors (Lipinski definition) is 4. The lowest BCUT2D eigenvalue weighted by Gasteiger charge is -2.43. The zero-order valence-corrected chi connectivity index (χ0v) is 12.7. The van der Waals surface area contributed by atoms with E-state index in [2.05, 4.69) is 29.6 Å². The van der Waals surface area contributed by atoms with Crippen molar-refractivity contribution in [3.05, 3.63) is 65.2 Å². The Balaban J connectivity index is 1.75. The SMILES string of the molecule is N#CCc1ccc2c(c1)[C@H]1OCCO[C@H]1[C@H](c1ccccc1)N2. The van der Waals surface area contributed by atoms with E-state index in [4.69, 9.17) is 14.7 Å². The van der Waals surface area contributed by atoms with Gasteiger partial charge in [-0.05, 0) is 23.3 Å². The van der Waals surface area contributed by atoms with Crippen molar-refractivity contribution >= 4 is 5.69 Å². The van der Waals surface area contributed by atoms with Gasteiger partial charge in [0.15, 0.2) is 0 Å². The lowest BCUT2D eigenvalue weighted by atomic mass is 9.87. The largest absolute Gasteiger partial charge is 0.375 e. The summed E-state index contributed by atoms with van der Waals surface area (Å²) in [5.74, 6) is 0. The van der Waals surface area contributed by atoms with Crippen molar-refractivity contribution < 1.29 is 9.47 Å². The van der Waals surface area contributed by atoms with Crippen LogP contribution in [0.25, 0.3) is 0 Å². The summed E-state index contributed by atoms with van der Waals surface area (Å²) < 4.78 is 12.1. The van der Waals surface area contributed by atoms with Crippen LogP contribution in [0.1, 0.15) is 28.8 Å². The van der Waals surface area contributed by atoms with Gasteiger partial charge in [-0.15, -0.1) is 0 Å². The number of rotatable bonds is 2. The number of nitriles is 1. The molecule has 2 aliphatic heterocycles. The van der Waals surface area contributed by atoms with Crippen LogP contribution in [-0.4, -0.2) is 19.3 Å². The maximum atomic E-state index is 8.93. The Morgan fingerprint density at radius 2 is 1.91 bits per heavy atom. The molecule has 4 nitrogen and oxygen atoms in total. The van der Waals surface area contributed by atoms with Crippen molar-refractivity contribution in [1.29, 1.82) is 5.26 Å². The fourth-order valence-electron chi connectivity index (χ4n) is 3.44. The second-order valence-electron chi connectivity index (χ2n) is 5.92. The van der Waals surface area contributed by atoms with Gasteiger partial charge in [0.1, 0.15) is 12.2 Å². The van der Waals surface area contributed by atoms with E-state index in [1.807, 2.05) is 30.3 Å². The summed E-state index contributed by atoms with van der Waals surface area (Å²) in [5, 5.41) is 12.5. The molecule has 2 aliphatic rings. The number of anilines is 1. The first-order valence-corrected chi connectivity index (χ1v) is 7.91. The van der Waals surface area contributed by atoms with Crippen LogP contribution in [-0.2, 0) is 15.9 Å². The molecule has 2 aromatic carbocycles. The number of nitrogens with one attached hydrogen (secondary N) is 1. The third-order valence-electron chi connectivity index (χ3n) is 4.49. The van der Waals surface area contributed by atoms with Crippen LogP contribution in [0, 0.1) is 11.3 Å². The molecule has 0 spiro atoms. The molecule has 1 fully saturated rings. The van der Waals surface area contributed by atoms with Gasteiger partial charge in [-0.1, -0.05) is 36.4 Å². The molecule has 0 aliphatic carbocycles. The summed E-state index contributed by atoms with van der Waals surface area (Å²) in [5.41, 5.74) is 4.36. The second-order valence-corrected chi connectivity index (χ2v) is 5.92. The molecular weight excluding hydrogens is 288 g/mol. The first kappa shape index (κ1) is 14.3. The standard InChI is InChI=1S/C19H18N2O2/c20-9-8-13-6-7-16-15(12-13)18-19(23-11-10-22-18)17(21-16)14-4-2-1-3-5-14/h1-7,12,17-19,21H,8,10-11H2/t17-,18+,19-/m0/s1. The predicted octanol–water partition coefficient (Wildman–Crippen LogP) is 3.38. The lowest BCUT2D eigenvalue weighted by molar-refractivity contribution is -0.151. The molecule has 116 valence electrons. The highest BCUT2D eigenvalue weighted by Gasteiger charge is 2.40. The van der Waals surface area contributed by atoms with Crippen molar-refractivity contribution in [2.75, 3.05) is 18.5 Å². The van der Waals surface area contributed by atoms with E-state index in [0.29, 0.717) is 19.6 Å². The third kappa shape index (κ3) is 2.59. The van der Waals surface area contributed by atoms with Gasteiger partial charge in [0.2, 0.25) is 0 Å². The van der Waals surface area contributed by atoms with Crippen molar-refractivity contribution in [2.45, 2.75) is 24.7 Å². The highest BCUT2D eigenvalue weighted by Crippen LogP contribution is 2.44. The number of nitrogens with zero attached hydrogens (tertiary/aromatic N) is 1. The summed E-state index contributed by atoms with van der Waals surface area (Å²) in [6.45, 7) is 1.21. The van der Waals surface area contributed by atoms with Crippen LogP contribution < -0.4 is 5.32 Å². The number of benzene rings is 2. The van der Waals surface area contributed by atoms with Gasteiger partial charge in [0, 0.05) is 11.3 Å². The summed E-state index contributed by atoms with van der Waals surface area (Å²) in [6.07, 6.45) is 0.257. The van der Waals surface area contributed by atoms with Crippen LogP contribution in [0.4, 0.5) is 5.69 Å². The normalized spacial score (nSPS) is 25.6. The summed E-state index contributed by atoms with van der Waals surface area (Å²) in [6, 6.07) is 18.7. The van der Waals surface area contributed by atoms with E-state index in [9.17, 15) is 0 Å². The molecule has 2 aromatic rings. The Kier molecular flexibility index (Phi) is 3.74. The molecular formula is C19H18N2O2. The monoisotopic (exact) mass is 306 g/mol. The van der Waals surface area contributed by atoms with Crippen molar-refractivity contribution in [3.63, 3.8) is 0 Å². The Bertz CT molecular complexity index is 739. The minimum atomic E-state index is -0.0937. The minimum Gasteiger partial charge on any atom is -0.375 e. The average Bonchev–Trinajstić information content (AvgIpc) is 2.62. The molecule has 1 saturated heterocycles. The van der Waals surface area contributed by atoms with Gasteiger partial charge in [-0.25, -0.2) is 0 Å². The molecule has 0 aromatic heterocycles. The van der Waals surface area contributed by atoms with Crippen molar-refractivity contribution in [1.82, 2.24) is 0 Å². The zero-order chi connectivity index (χ0) is 15.6. The quantitative estimate of drug-likeness (QED) is 0.924. The van der Waals surface area contributed by atoms with Crippen molar-refractivity contribution in [3.8, 4) is 6.07 Å². The van der Waals surface area contributed by atoms with Crippen LogP contribution in [0.15, 0.2) is 48.5 Å². The molecule has 0 amide bonds. The smallest absolute Gasteiger partial charge is 0.113 e. The molecule has 1 N–H and O–H groups in total. The van der Waals surface area contributed by atoms with Gasteiger partial charge >= 0.3 is 0 Å². The summed E-state index contributed by atoms with van der Waals surface area (Å²) in [4.78, 5) is 0. The maximum Gasteiger partial charge on any atom is 0.113 e. The molecule has 4 heteroatoms. The topological polar surface area (TPSA) is 54.3 Å². The first-order chi connectivity index (χ1) is 11.4. The molecule has 0 saturated carbocycles. The van der Waals surface area contributed by atoms with E-state index in [1.165, 1.54) is 5.56 Å². The van der Waals surface area contributed by atoms with E-state index in [-0.39, 0.29) is 18.2 Å². The maximum absolute atomic E-state index is 8.93. The van der Waals surface area contributed by atoms with Crippen molar-refractivity contribution in [2.24, 2.45) is 0 Å². The van der Waals surface area contributed by atoms with E-state index < -0.39 is 0 Å². The highest BCUT2D eigenvalue weighted by atomic mass is 16.6. The average molecular weight is 306 g/mol. The van der Waals surface area contributed by atoms with Crippen LogP contribution in [0.3, 0.4) is 0 Å². The molecule has 2 heterocycles. The zero-order valence-electron chi connectivity index (χ0n) is 12.7. The highest BCUT2D eigenvalue weighted by molar-refractivity contribution is 5.59. The minimum absolute atomic E-state index is 0.0593. The Hall–Kier alpha value is -2.35. The van der Waals surface area contributed by atoms with Gasteiger partial charge in [-0.3, -0.25) is 0 Å². The first-order valence-electron chi connectivity index (χ1n) is 7.91. The number of ether oxygens (including phenoxy) is 2. The molecule has 23 heavy (non-hydrogen) atoms. The molecule has 0 unspecified atom stereocenters. The van der Waals surface area contributed by atoms with Gasteiger partial charge in [0.05, 0.1) is 31.7 Å². The van der Waals surface area contributed by atoms with E-state index in [1.54, 1.807) is 0 Å². The molecule has 0 radical (unpaired) electrons. The van der Waals surface area contributed by atoms with E-state index in [0.717, 1.165) is 16.8 Å². The Labute approximate surface area is 135 Å². The summed E-state index contributed by atoms with van der Waals surface area (Å²) >= 11 is 0. The third-order valence-corrected chi connectivity index (χ3v) is 4.49. The fourth-order valence-corrected chi connectivity index (χ4v) is 3.44. The lowest BCUT2D eigenvalue weighted by Crippen LogP contribution is -2.43. The Morgan fingerprint density at radius 3 is 2.74 bits per heavy atom. The molecule has 0 bridgehead atoms. The van der Waals surface area contributed by atoms with Gasteiger partial charge < -0.3 is 14.8 Å². The van der Waals surface area contributed by atoms with E-state index >= 15 is 0 Å². The fraction of sp³-hybridized carbons (Fsp3) is 0.316. The van der Waals surface area contributed by atoms with Crippen LogP contribution in [0.2, 0.25) is 0 Å². The van der Waals surface area contributed by atoms with Gasteiger partial charge in [0.25, 0.3) is 0 Å². The Morgan fingerprint density at radius 1 is 1.09 bits per heavy atom. The van der Waals surface area contributed by atoms with Gasteiger partial charge in [-0.2, -0.15) is 5.26 Å². The van der Waals surface area contributed by atoms with Crippen LogP contribution >= 0.6 is 0 Å². The summed E-state index contributed by atoms with van der Waals surface area (Å²) in [7, 11) is 0. The number of fused-ring (bicyclic) bond motifs is 3. The predicted molar refractivity (Wildman–Crippen MR) is 87.0 cm³/mol. The molecule has 4 rings (SSSR count). The number of hydrogen-bond donors (Lipinski definition) is 1. The molecule has 3 atom stereocenters. The van der Waals surface area contributed by atoms with Crippen LogP contribution in [0.5, 0.6) is 0 Å². The second kappa shape index (κ2) is 6.04.